The quantitative estimate of drug-likeness (QED) is 0.423. The number of hydrogen-bond acceptors (Lipinski definition) is 5. The normalized spacial score (nSPS) is 15.4. The van der Waals surface area contributed by atoms with Crippen LogP contribution < -0.4 is 20.5 Å². The van der Waals surface area contributed by atoms with Gasteiger partial charge in [0, 0.05) is 41.0 Å². The summed E-state index contributed by atoms with van der Waals surface area (Å²) in [4.78, 5) is 29.3. The predicted molar refractivity (Wildman–Crippen MR) is 120 cm³/mol. The average Bonchev–Trinajstić information content (AvgIpc) is 3.55. The Labute approximate surface area is 182 Å². The lowest BCUT2D eigenvalue weighted by atomic mass is 9.95. The SMILES string of the molecule is NCCCn1cc(C2=C(c3c[nH]c4ccccc34)C(=O)NC2=O)c2c3c(ccc21)OCO3. The van der Waals surface area contributed by atoms with Crippen LogP contribution in [0, 0.1) is 0 Å². The Bertz CT molecular complexity index is 1460. The van der Waals surface area contributed by atoms with E-state index in [9.17, 15) is 9.59 Å². The molecular weight excluding hydrogens is 408 g/mol. The van der Waals surface area contributed by atoms with Crippen LogP contribution in [0.15, 0.2) is 48.8 Å². The van der Waals surface area contributed by atoms with Gasteiger partial charge in [-0.25, -0.2) is 0 Å². The number of hydrogen-bond donors (Lipinski definition) is 3. The van der Waals surface area contributed by atoms with Crippen LogP contribution in [0.5, 0.6) is 11.5 Å². The maximum atomic E-state index is 13.1. The highest BCUT2D eigenvalue weighted by molar-refractivity contribution is 6.51. The standard InChI is InChI=1S/C24H20N4O4/c25-8-3-9-28-11-15(19-17(28)6-7-18-22(19)32-12-31-18)21-20(23(29)27-24(21)30)14-10-26-16-5-2-1-4-13(14)16/h1-2,4-7,10-11,26H,3,8-9,12,25H2,(H,27,29,30). The zero-order valence-corrected chi connectivity index (χ0v) is 17.1. The van der Waals surface area contributed by atoms with Crippen LogP contribution in [-0.2, 0) is 16.1 Å². The van der Waals surface area contributed by atoms with Crippen LogP contribution in [0.25, 0.3) is 33.0 Å². The van der Waals surface area contributed by atoms with Gasteiger partial charge in [0.25, 0.3) is 11.8 Å². The molecule has 0 aliphatic carbocycles. The number of fused-ring (bicyclic) bond motifs is 4. The Balaban J connectivity index is 1.67. The minimum absolute atomic E-state index is 0.112. The van der Waals surface area contributed by atoms with Crippen molar-refractivity contribution in [2.24, 2.45) is 5.73 Å². The van der Waals surface area contributed by atoms with E-state index in [1.807, 2.05) is 42.6 Å². The summed E-state index contributed by atoms with van der Waals surface area (Å²) in [6.45, 7) is 1.33. The largest absolute Gasteiger partial charge is 0.454 e. The zero-order chi connectivity index (χ0) is 21.8. The summed E-state index contributed by atoms with van der Waals surface area (Å²) in [6, 6.07) is 11.5. The molecule has 6 rings (SSSR count). The number of nitrogens with zero attached hydrogens (tertiary/aromatic N) is 1. The number of rotatable bonds is 5. The third kappa shape index (κ3) is 2.59. The molecule has 2 amide bonds. The maximum absolute atomic E-state index is 13.1. The Morgan fingerprint density at radius 1 is 1.00 bits per heavy atom. The summed E-state index contributed by atoms with van der Waals surface area (Å²) in [6.07, 6.45) is 4.46. The first-order valence-electron chi connectivity index (χ1n) is 10.5. The van der Waals surface area contributed by atoms with Gasteiger partial charge >= 0.3 is 0 Å². The van der Waals surface area contributed by atoms with E-state index in [-0.39, 0.29) is 6.79 Å². The highest BCUT2D eigenvalue weighted by Crippen LogP contribution is 2.46. The lowest BCUT2D eigenvalue weighted by molar-refractivity contribution is -0.122. The second-order valence-electron chi connectivity index (χ2n) is 7.85. The Kier molecular flexibility index (Phi) is 4.09. The van der Waals surface area contributed by atoms with Crippen LogP contribution in [0.2, 0.25) is 0 Å². The zero-order valence-electron chi connectivity index (χ0n) is 17.1. The molecular formula is C24H20N4O4. The van der Waals surface area contributed by atoms with Gasteiger partial charge in [-0.2, -0.15) is 0 Å². The van der Waals surface area contributed by atoms with Crippen LogP contribution in [0.3, 0.4) is 0 Å². The highest BCUT2D eigenvalue weighted by Gasteiger charge is 2.36. The first-order chi connectivity index (χ1) is 15.7. The highest BCUT2D eigenvalue weighted by atomic mass is 16.7. The number of nitrogens with two attached hydrogens (primary N) is 1. The maximum Gasteiger partial charge on any atom is 0.259 e. The molecule has 2 aromatic heterocycles. The molecule has 32 heavy (non-hydrogen) atoms. The Morgan fingerprint density at radius 3 is 2.66 bits per heavy atom. The number of nitrogens with one attached hydrogen (secondary N) is 2. The van der Waals surface area contributed by atoms with Crippen LogP contribution >= 0.6 is 0 Å². The van der Waals surface area contributed by atoms with Crippen molar-refractivity contribution in [3.63, 3.8) is 0 Å². The summed E-state index contributed by atoms with van der Waals surface area (Å²) in [5.74, 6) is 0.364. The molecule has 8 nitrogen and oxygen atoms in total. The van der Waals surface area contributed by atoms with E-state index in [0.29, 0.717) is 46.9 Å². The fraction of sp³-hybridized carbons (Fsp3) is 0.167. The number of amides is 2. The topological polar surface area (TPSA) is 111 Å². The van der Waals surface area contributed by atoms with Crippen molar-refractivity contribution in [1.82, 2.24) is 14.9 Å². The number of para-hydroxylation sites is 1. The third-order valence-corrected chi connectivity index (χ3v) is 6.04. The van der Waals surface area contributed by atoms with Crippen molar-refractivity contribution in [2.45, 2.75) is 13.0 Å². The minimum atomic E-state index is -0.426. The van der Waals surface area contributed by atoms with Gasteiger partial charge in [0.15, 0.2) is 11.5 Å². The van der Waals surface area contributed by atoms with Gasteiger partial charge in [0.05, 0.1) is 22.0 Å². The lowest BCUT2D eigenvalue weighted by Crippen LogP contribution is -2.22. The number of aromatic nitrogens is 2. The number of ether oxygens (including phenoxy) is 2. The van der Waals surface area contributed by atoms with E-state index in [4.69, 9.17) is 15.2 Å². The molecule has 8 heteroatoms. The van der Waals surface area contributed by atoms with E-state index >= 15 is 0 Å². The molecule has 4 heterocycles. The molecule has 0 bridgehead atoms. The molecule has 2 aliphatic heterocycles. The number of imide groups is 1. The van der Waals surface area contributed by atoms with Crippen molar-refractivity contribution in [3.8, 4) is 11.5 Å². The van der Waals surface area contributed by atoms with Crippen molar-refractivity contribution in [2.75, 3.05) is 13.3 Å². The van der Waals surface area contributed by atoms with Crippen LogP contribution in [0.1, 0.15) is 17.5 Å². The number of aryl methyl sites for hydroxylation is 1. The van der Waals surface area contributed by atoms with Gasteiger partial charge in [-0.3, -0.25) is 14.9 Å². The average molecular weight is 428 g/mol. The monoisotopic (exact) mass is 428 g/mol. The first kappa shape index (κ1) is 18.7. The molecule has 0 saturated carbocycles. The summed E-state index contributed by atoms with van der Waals surface area (Å²) in [5, 5.41) is 4.12. The second-order valence-corrected chi connectivity index (χ2v) is 7.85. The number of aromatic amines is 1. The molecule has 0 fully saturated rings. The smallest absolute Gasteiger partial charge is 0.259 e. The summed E-state index contributed by atoms with van der Waals surface area (Å²) < 4.78 is 13.4. The fourth-order valence-electron chi connectivity index (χ4n) is 4.64. The van der Waals surface area contributed by atoms with Crippen molar-refractivity contribution < 1.29 is 19.1 Å². The predicted octanol–water partition coefficient (Wildman–Crippen LogP) is 2.77. The minimum Gasteiger partial charge on any atom is -0.454 e. The lowest BCUT2D eigenvalue weighted by Gasteiger charge is -2.05. The Hall–Kier alpha value is -4.04. The van der Waals surface area contributed by atoms with Crippen molar-refractivity contribution in [3.05, 3.63) is 59.9 Å². The van der Waals surface area contributed by atoms with Gasteiger partial charge in [0.1, 0.15) is 0 Å². The van der Waals surface area contributed by atoms with E-state index in [1.165, 1.54) is 0 Å². The molecule has 0 radical (unpaired) electrons. The summed E-state index contributed by atoms with van der Waals surface area (Å²) in [7, 11) is 0. The second kappa shape index (κ2) is 7.00. The molecule has 4 aromatic rings. The number of carbonyl (C=O) groups is 2. The van der Waals surface area contributed by atoms with E-state index < -0.39 is 11.8 Å². The van der Waals surface area contributed by atoms with Gasteiger partial charge in [-0.15, -0.1) is 0 Å². The van der Waals surface area contributed by atoms with E-state index in [2.05, 4.69) is 14.9 Å². The van der Waals surface area contributed by atoms with Crippen LogP contribution in [0.4, 0.5) is 0 Å². The Morgan fingerprint density at radius 2 is 1.81 bits per heavy atom. The fourth-order valence-corrected chi connectivity index (χ4v) is 4.64. The molecule has 2 aliphatic rings. The van der Waals surface area contributed by atoms with Crippen molar-refractivity contribution >= 4 is 44.8 Å². The van der Waals surface area contributed by atoms with Gasteiger partial charge in [-0.1, -0.05) is 18.2 Å². The van der Waals surface area contributed by atoms with Gasteiger partial charge < -0.3 is 24.8 Å². The summed E-state index contributed by atoms with van der Waals surface area (Å²) in [5.41, 5.74) is 9.54. The number of carbonyl (C=O) groups excluding carboxylic acids is 2. The van der Waals surface area contributed by atoms with Crippen LogP contribution in [-0.4, -0.2) is 34.7 Å². The molecule has 4 N–H and O–H groups in total. The molecule has 0 atom stereocenters. The molecule has 2 aromatic carbocycles. The number of benzene rings is 2. The summed E-state index contributed by atoms with van der Waals surface area (Å²) >= 11 is 0. The van der Waals surface area contributed by atoms with E-state index in [1.54, 1.807) is 6.20 Å². The molecule has 0 unspecified atom stereocenters. The number of H-pyrrole nitrogens is 1. The molecule has 160 valence electrons. The first-order valence-corrected chi connectivity index (χ1v) is 10.5. The molecule has 0 spiro atoms. The molecule has 0 saturated heterocycles. The third-order valence-electron chi connectivity index (χ3n) is 6.04. The van der Waals surface area contributed by atoms with Gasteiger partial charge in [-0.05, 0) is 31.2 Å². The van der Waals surface area contributed by atoms with Crippen molar-refractivity contribution in [1.29, 1.82) is 0 Å². The van der Waals surface area contributed by atoms with E-state index in [0.717, 1.165) is 28.2 Å². The van der Waals surface area contributed by atoms with Gasteiger partial charge in [0.2, 0.25) is 6.79 Å².